The Morgan fingerprint density at radius 2 is 2.11 bits per heavy atom. The summed E-state index contributed by atoms with van der Waals surface area (Å²) < 4.78 is 5.17. The number of ether oxygens (including phenoxy) is 1. The number of benzene rings is 1. The van der Waals surface area contributed by atoms with E-state index in [9.17, 15) is 5.11 Å². The molecule has 0 saturated carbocycles. The van der Waals surface area contributed by atoms with Crippen molar-refractivity contribution in [2.45, 2.75) is 31.3 Å². The summed E-state index contributed by atoms with van der Waals surface area (Å²) in [6.45, 7) is 3.34. The molecule has 3 nitrogen and oxygen atoms in total. The molecule has 3 atom stereocenters. The Balaban J connectivity index is 1.61. The maximum absolute atomic E-state index is 10.9. The largest absolute Gasteiger partial charge is 0.497 e. The molecule has 1 aromatic carbocycles. The zero-order chi connectivity index (χ0) is 13.3. The van der Waals surface area contributed by atoms with E-state index in [0.29, 0.717) is 5.92 Å². The number of hydrogen-bond acceptors (Lipinski definition) is 3. The Morgan fingerprint density at radius 1 is 1.32 bits per heavy atom. The van der Waals surface area contributed by atoms with Crippen LogP contribution in [0.5, 0.6) is 5.75 Å². The molecule has 2 saturated heterocycles. The van der Waals surface area contributed by atoms with Crippen LogP contribution in [-0.4, -0.2) is 42.4 Å². The molecule has 3 rings (SSSR count). The average molecular weight is 261 g/mol. The van der Waals surface area contributed by atoms with Crippen molar-refractivity contribution in [2.24, 2.45) is 5.92 Å². The minimum atomic E-state index is -0.438. The lowest BCUT2D eigenvalue weighted by atomic mass is 9.78. The number of hydrogen-bond donors (Lipinski definition) is 1. The molecular formula is C16H23NO2. The number of aliphatic hydroxyl groups is 1. The summed E-state index contributed by atoms with van der Waals surface area (Å²) in [6.07, 6.45) is 3.95. The maximum Gasteiger partial charge on any atom is 0.118 e. The van der Waals surface area contributed by atoms with Crippen molar-refractivity contribution < 1.29 is 9.84 Å². The van der Waals surface area contributed by atoms with Gasteiger partial charge in [0.05, 0.1) is 12.7 Å². The predicted molar refractivity (Wildman–Crippen MR) is 75.4 cm³/mol. The molecule has 0 amide bonds. The molecule has 19 heavy (non-hydrogen) atoms. The first-order valence-corrected chi connectivity index (χ1v) is 7.27. The van der Waals surface area contributed by atoms with Gasteiger partial charge in [0.25, 0.3) is 0 Å². The lowest BCUT2D eigenvalue weighted by Gasteiger charge is -2.39. The van der Waals surface area contributed by atoms with E-state index in [1.54, 1.807) is 7.11 Å². The van der Waals surface area contributed by atoms with E-state index in [2.05, 4.69) is 17.0 Å². The molecule has 2 aliphatic heterocycles. The molecule has 2 heterocycles. The van der Waals surface area contributed by atoms with Crippen molar-refractivity contribution in [3.8, 4) is 5.75 Å². The topological polar surface area (TPSA) is 32.7 Å². The van der Waals surface area contributed by atoms with Crippen molar-refractivity contribution in [3.63, 3.8) is 0 Å². The zero-order valence-corrected chi connectivity index (χ0v) is 11.6. The third-order valence-corrected chi connectivity index (χ3v) is 4.90. The highest BCUT2D eigenvalue weighted by Gasteiger charge is 2.44. The van der Waals surface area contributed by atoms with Crippen LogP contribution < -0.4 is 4.74 Å². The van der Waals surface area contributed by atoms with Gasteiger partial charge in [0.1, 0.15) is 5.75 Å². The van der Waals surface area contributed by atoms with Crippen molar-refractivity contribution in [1.82, 2.24) is 4.90 Å². The Labute approximate surface area is 115 Å². The van der Waals surface area contributed by atoms with Gasteiger partial charge in [-0.15, -0.1) is 0 Å². The fraction of sp³-hybridized carbons (Fsp3) is 0.625. The first-order chi connectivity index (χ1) is 9.19. The van der Waals surface area contributed by atoms with Crippen molar-refractivity contribution in [3.05, 3.63) is 29.8 Å². The molecule has 0 aliphatic carbocycles. The number of methoxy groups -OCH3 is 1. The van der Waals surface area contributed by atoms with E-state index < -0.39 is 5.60 Å². The standard InChI is InChI=1S/C16H23NO2/c1-19-15-4-2-13(3-5-15)6-8-16(18)9-11-17-10-7-14(16)12-17/h2-5,14,18H,6-12H2,1H3. The maximum atomic E-state index is 10.9. The molecule has 1 aromatic rings. The van der Waals surface area contributed by atoms with E-state index in [-0.39, 0.29) is 0 Å². The molecule has 0 spiro atoms. The summed E-state index contributed by atoms with van der Waals surface area (Å²) in [5.74, 6) is 1.38. The van der Waals surface area contributed by atoms with E-state index in [0.717, 1.165) is 38.1 Å². The number of nitrogens with zero attached hydrogens (tertiary/aromatic N) is 1. The SMILES string of the molecule is COc1ccc(CCC2(O)CCN3CCC2C3)cc1. The third-order valence-electron chi connectivity index (χ3n) is 4.90. The second-order valence-electron chi connectivity index (χ2n) is 5.99. The van der Waals surface area contributed by atoms with Gasteiger partial charge in [-0.25, -0.2) is 0 Å². The lowest BCUT2D eigenvalue weighted by Crippen LogP contribution is -2.46. The average Bonchev–Trinajstić information content (AvgIpc) is 2.87. The highest BCUT2D eigenvalue weighted by atomic mass is 16.5. The highest BCUT2D eigenvalue weighted by molar-refractivity contribution is 5.27. The van der Waals surface area contributed by atoms with Crippen LogP contribution >= 0.6 is 0 Å². The number of aryl methyl sites for hydroxylation is 1. The van der Waals surface area contributed by atoms with Crippen LogP contribution in [0.25, 0.3) is 0 Å². The van der Waals surface area contributed by atoms with Gasteiger partial charge < -0.3 is 14.7 Å². The first-order valence-electron chi connectivity index (χ1n) is 7.27. The van der Waals surface area contributed by atoms with Crippen LogP contribution in [0.1, 0.15) is 24.8 Å². The normalized spacial score (nSPS) is 33.4. The summed E-state index contributed by atoms with van der Waals surface area (Å²) in [6, 6.07) is 8.20. The summed E-state index contributed by atoms with van der Waals surface area (Å²) in [4.78, 5) is 2.48. The molecular weight excluding hydrogens is 238 g/mol. The van der Waals surface area contributed by atoms with Gasteiger partial charge in [0, 0.05) is 19.0 Å². The third kappa shape index (κ3) is 2.63. The molecule has 0 aromatic heterocycles. The molecule has 104 valence electrons. The number of rotatable bonds is 4. The lowest BCUT2D eigenvalue weighted by molar-refractivity contribution is -0.0506. The quantitative estimate of drug-likeness (QED) is 0.901. The fourth-order valence-electron chi connectivity index (χ4n) is 3.51. The van der Waals surface area contributed by atoms with Crippen LogP contribution in [-0.2, 0) is 6.42 Å². The molecule has 2 bridgehead atoms. The monoisotopic (exact) mass is 261 g/mol. The smallest absolute Gasteiger partial charge is 0.118 e. The fourth-order valence-corrected chi connectivity index (χ4v) is 3.51. The van der Waals surface area contributed by atoms with Crippen LogP contribution in [0, 0.1) is 5.92 Å². The van der Waals surface area contributed by atoms with Gasteiger partial charge in [-0.2, -0.15) is 0 Å². The van der Waals surface area contributed by atoms with Gasteiger partial charge in [0.15, 0.2) is 0 Å². The molecule has 2 aliphatic rings. The Bertz CT molecular complexity index is 431. The zero-order valence-electron chi connectivity index (χ0n) is 11.6. The molecule has 1 N–H and O–H groups in total. The Kier molecular flexibility index (Phi) is 3.50. The number of fused-ring (bicyclic) bond motifs is 2. The van der Waals surface area contributed by atoms with Crippen LogP contribution in [0.2, 0.25) is 0 Å². The van der Waals surface area contributed by atoms with Gasteiger partial charge in [-0.05, 0) is 49.9 Å². The van der Waals surface area contributed by atoms with Gasteiger partial charge in [0.2, 0.25) is 0 Å². The van der Waals surface area contributed by atoms with Crippen LogP contribution in [0.4, 0.5) is 0 Å². The summed E-state index contributed by atoms with van der Waals surface area (Å²) in [5.41, 5.74) is 0.849. The molecule has 3 heteroatoms. The highest BCUT2D eigenvalue weighted by Crippen LogP contribution is 2.38. The van der Waals surface area contributed by atoms with Crippen molar-refractivity contribution in [2.75, 3.05) is 26.7 Å². The predicted octanol–water partition coefficient (Wildman–Crippen LogP) is 2.08. The first kappa shape index (κ1) is 12.9. The van der Waals surface area contributed by atoms with Crippen LogP contribution in [0.15, 0.2) is 24.3 Å². The molecule has 3 unspecified atom stereocenters. The van der Waals surface area contributed by atoms with Gasteiger partial charge in [-0.1, -0.05) is 12.1 Å². The second kappa shape index (κ2) is 5.14. The minimum Gasteiger partial charge on any atom is -0.497 e. The minimum absolute atomic E-state index is 0.438. The van der Waals surface area contributed by atoms with E-state index in [1.807, 2.05) is 12.1 Å². The summed E-state index contributed by atoms with van der Waals surface area (Å²) in [5, 5.41) is 10.9. The molecule has 2 fully saturated rings. The summed E-state index contributed by atoms with van der Waals surface area (Å²) >= 11 is 0. The van der Waals surface area contributed by atoms with E-state index in [1.165, 1.54) is 18.5 Å². The Morgan fingerprint density at radius 3 is 2.84 bits per heavy atom. The number of piperidine rings is 1. The summed E-state index contributed by atoms with van der Waals surface area (Å²) in [7, 11) is 1.69. The second-order valence-corrected chi connectivity index (χ2v) is 5.99. The van der Waals surface area contributed by atoms with Gasteiger partial charge >= 0.3 is 0 Å². The Hall–Kier alpha value is -1.06. The van der Waals surface area contributed by atoms with E-state index in [4.69, 9.17) is 4.74 Å². The van der Waals surface area contributed by atoms with Crippen molar-refractivity contribution in [1.29, 1.82) is 0 Å². The van der Waals surface area contributed by atoms with E-state index >= 15 is 0 Å². The van der Waals surface area contributed by atoms with Crippen LogP contribution in [0.3, 0.4) is 0 Å². The van der Waals surface area contributed by atoms with Gasteiger partial charge in [-0.3, -0.25) is 0 Å². The molecule has 0 radical (unpaired) electrons. The van der Waals surface area contributed by atoms with Crippen molar-refractivity contribution >= 4 is 0 Å².